The highest BCUT2D eigenvalue weighted by Crippen LogP contribution is 2.41. The van der Waals surface area contributed by atoms with Crippen LogP contribution in [0.15, 0.2) is 10.4 Å². The fourth-order valence-electron chi connectivity index (χ4n) is 3.06. The summed E-state index contributed by atoms with van der Waals surface area (Å²) in [4.78, 5) is 9.38. The van der Waals surface area contributed by atoms with Crippen molar-refractivity contribution < 1.29 is 0 Å². The largest absolute Gasteiger partial charge is 0.356 e. The number of amidine groups is 1. The lowest BCUT2D eigenvalue weighted by molar-refractivity contribution is 0.232. The van der Waals surface area contributed by atoms with Crippen molar-refractivity contribution in [2.45, 2.75) is 52.0 Å². The van der Waals surface area contributed by atoms with E-state index >= 15 is 0 Å². The van der Waals surface area contributed by atoms with E-state index < -0.39 is 0 Å². The monoisotopic (exact) mass is 309 g/mol. The van der Waals surface area contributed by atoms with E-state index in [0.29, 0.717) is 5.41 Å². The average molecular weight is 310 g/mol. The fourth-order valence-corrected chi connectivity index (χ4v) is 5.10. The van der Waals surface area contributed by atoms with Crippen LogP contribution in [0.25, 0.3) is 0 Å². The van der Waals surface area contributed by atoms with E-state index in [1.54, 1.807) is 11.3 Å². The number of rotatable bonds is 2. The molecular weight excluding hydrogens is 286 g/mol. The second-order valence-corrected chi connectivity index (χ2v) is 8.02. The molecule has 3 nitrogen and oxygen atoms in total. The highest BCUT2D eigenvalue weighted by Gasteiger charge is 2.35. The lowest BCUT2D eigenvalue weighted by Gasteiger charge is -2.38. The van der Waals surface area contributed by atoms with Crippen LogP contribution in [0.1, 0.15) is 55.8 Å². The minimum atomic E-state index is 0.264. The summed E-state index contributed by atoms with van der Waals surface area (Å²) in [5.41, 5.74) is 1.62. The Bertz CT molecular complexity index is 489. The molecule has 1 spiro atoms. The normalized spacial score (nSPS) is 23.4. The van der Waals surface area contributed by atoms with Gasteiger partial charge in [0.2, 0.25) is 0 Å². The van der Waals surface area contributed by atoms with Gasteiger partial charge in [-0.2, -0.15) is 0 Å². The van der Waals surface area contributed by atoms with Gasteiger partial charge in [0.1, 0.15) is 5.01 Å². The van der Waals surface area contributed by atoms with Gasteiger partial charge in [-0.3, -0.25) is 4.99 Å². The predicted octanol–water partition coefficient (Wildman–Crippen LogP) is 4.16. The van der Waals surface area contributed by atoms with Crippen LogP contribution in [0.3, 0.4) is 0 Å². The molecule has 0 radical (unpaired) electrons. The van der Waals surface area contributed by atoms with Gasteiger partial charge in [0.25, 0.3) is 0 Å². The Morgan fingerprint density at radius 3 is 2.70 bits per heavy atom. The number of hydrogen-bond donors (Lipinski definition) is 1. The summed E-state index contributed by atoms with van der Waals surface area (Å²) in [6.45, 7) is 5.24. The van der Waals surface area contributed by atoms with Crippen LogP contribution in [0.2, 0.25) is 0 Å². The molecule has 1 aromatic heterocycles. The molecule has 2 heterocycles. The molecule has 1 aromatic rings. The van der Waals surface area contributed by atoms with Crippen molar-refractivity contribution in [3.05, 3.63) is 16.1 Å². The molecular formula is C15H23N3S2. The van der Waals surface area contributed by atoms with Crippen LogP contribution < -0.4 is 5.32 Å². The minimum absolute atomic E-state index is 0.264. The summed E-state index contributed by atoms with van der Waals surface area (Å²) in [6.07, 6.45) is 6.96. The number of thiazole rings is 1. The van der Waals surface area contributed by atoms with E-state index in [9.17, 15) is 0 Å². The lowest BCUT2D eigenvalue weighted by Crippen LogP contribution is -2.37. The van der Waals surface area contributed by atoms with Crippen molar-refractivity contribution in [3.8, 4) is 0 Å². The van der Waals surface area contributed by atoms with Crippen LogP contribution in [0.4, 0.5) is 0 Å². The third-order valence-electron chi connectivity index (χ3n) is 4.33. The fraction of sp³-hybridized carbons (Fsp3) is 0.733. The molecule has 1 atom stereocenters. The molecule has 1 fully saturated rings. The molecule has 1 aliphatic heterocycles. The van der Waals surface area contributed by atoms with Gasteiger partial charge >= 0.3 is 0 Å². The average Bonchev–Trinajstić information content (AvgIpc) is 2.89. The van der Waals surface area contributed by atoms with E-state index in [2.05, 4.69) is 22.6 Å². The summed E-state index contributed by atoms with van der Waals surface area (Å²) in [7, 11) is 0. The molecule has 0 saturated heterocycles. The van der Waals surface area contributed by atoms with Gasteiger partial charge in [0, 0.05) is 23.4 Å². The van der Waals surface area contributed by atoms with E-state index in [4.69, 9.17) is 4.99 Å². The number of nitrogens with zero attached hydrogens (tertiary/aromatic N) is 2. The van der Waals surface area contributed by atoms with Gasteiger partial charge in [0.05, 0.1) is 6.04 Å². The van der Waals surface area contributed by atoms with Crippen molar-refractivity contribution in [1.82, 2.24) is 10.3 Å². The standard InChI is InChI=1S/C15H23N3S2/c1-11-8-19-13(17-11)12(2)18-14-16-9-15(10-20-14)6-4-3-5-7-15/h8,12H,3-7,9-10H2,1-2H3,(H,16,18). The van der Waals surface area contributed by atoms with Crippen molar-refractivity contribution in [3.63, 3.8) is 0 Å². The molecule has 3 rings (SSSR count). The molecule has 0 aromatic carbocycles. The SMILES string of the molecule is Cc1csc(C(C)NC2=NCC3(CCCCC3)CS2)n1. The quantitative estimate of drug-likeness (QED) is 0.891. The first-order chi connectivity index (χ1) is 9.67. The van der Waals surface area contributed by atoms with Gasteiger partial charge in [-0.15, -0.1) is 11.3 Å². The number of nitrogens with one attached hydrogen (secondary N) is 1. The number of aromatic nitrogens is 1. The Hall–Kier alpha value is -0.550. The maximum absolute atomic E-state index is 4.82. The molecule has 20 heavy (non-hydrogen) atoms. The third kappa shape index (κ3) is 3.19. The highest BCUT2D eigenvalue weighted by atomic mass is 32.2. The van der Waals surface area contributed by atoms with Gasteiger partial charge in [-0.05, 0) is 32.1 Å². The second-order valence-electron chi connectivity index (χ2n) is 6.16. The van der Waals surface area contributed by atoms with Crippen molar-refractivity contribution in [2.24, 2.45) is 10.4 Å². The van der Waals surface area contributed by atoms with E-state index in [0.717, 1.165) is 22.4 Å². The van der Waals surface area contributed by atoms with Gasteiger partial charge in [-0.25, -0.2) is 4.98 Å². The first-order valence-electron chi connectivity index (χ1n) is 7.53. The van der Waals surface area contributed by atoms with Crippen LogP contribution in [-0.4, -0.2) is 22.4 Å². The maximum atomic E-state index is 4.82. The molecule has 2 aliphatic rings. The van der Waals surface area contributed by atoms with Crippen molar-refractivity contribution in [2.75, 3.05) is 12.3 Å². The number of aliphatic imine (C=N–C) groups is 1. The highest BCUT2D eigenvalue weighted by molar-refractivity contribution is 8.13. The van der Waals surface area contributed by atoms with Crippen LogP contribution >= 0.6 is 23.1 Å². The Labute approximate surface area is 129 Å². The van der Waals surface area contributed by atoms with Crippen molar-refractivity contribution in [1.29, 1.82) is 0 Å². The molecule has 110 valence electrons. The predicted molar refractivity (Wildman–Crippen MR) is 88.7 cm³/mol. The summed E-state index contributed by atoms with van der Waals surface area (Å²) < 4.78 is 0. The van der Waals surface area contributed by atoms with Crippen LogP contribution in [0, 0.1) is 12.3 Å². The molecule has 1 unspecified atom stereocenters. The lowest BCUT2D eigenvalue weighted by atomic mass is 9.75. The summed E-state index contributed by atoms with van der Waals surface area (Å²) in [5.74, 6) is 1.24. The molecule has 5 heteroatoms. The molecule has 0 amide bonds. The Balaban J connectivity index is 1.59. The maximum Gasteiger partial charge on any atom is 0.157 e. The number of thioether (sulfide) groups is 1. The Morgan fingerprint density at radius 2 is 2.10 bits per heavy atom. The number of aryl methyl sites for hydroxylation is 1. The zero-order valence-electron chi connectivity index (χ0n) is 12.3. The summed E-state index contributed by atoms with van der Waals surface area (Å²) >= 11 is 3.64. The summed E-state index contributed by atoms with van der Waals surface area (Å²) in [5, 5.41) is 7.91. The van der Waals surface area contributed by atoms with Crippen LogP contribution in [-0.2, 0) is 0 Å². The Morgan fingerprint density at radius 1 is 1.30 bits per heavy atom. The molecule has 1 aliphatic carbocycles. The van der Waals surface area contributed by atoms with E-state index in [-0.39, 0.29) is 6.04 Å². The van der Waals surface area contributed by atoms with Gasteiger partial charge in [0.15, 0.2) is 5.17 Å². The summed E-state index contributed by atoms with van der Waals surface area (Å²) in [6, 6.07) is 0.264. The van der Waals surface area contributed by atoms with Crippen molar-refractivity contribution >= 4 is 28.3 Å². The first kappa shape index (κ1) is 14.4. The zero-order valence-corrected chi connectivity index (χ0v) is 13.9. The molecule has 1 N–H and O–H groups in total. The van der Waals surface area contributed by atoms with Crippen LogP contribution in [0.5, 0.6) is 0 Å². The third-order valence-corrected chi connectivity index (χ3v) is 6.76. The topological polar surface area (TPSA) is 37.3 Å². The molecule has 0 bridgehead atoms. The molecule has 1 saturated carbocycles. The van der Waals surface area contributed by atoms with Gasteiger partial charge < -0.3 is 5.32 Å². The smallest absolute Gasteiger partial charge is 0.157 e. The van der Waals surface area contributed by atoms with Gasteiger partial charge in [-0.1, -0.05) is 31.0 Å². The Kier molecular flexibility index (Phi) is 4.36. The van der Waals surface area contributed by atoms with E-state index in [1.807, 2.05) is 18.7 Å². The van der Waals surface area contributed by atoms with E-state index in [1.165, 1.54) is 37.9 Å². The first-order valence-corrected chi connectivity index (χ1v) is 9.39. The minimum Gasteiger partial charge on any atom is -0.356 e. The zero-order chi connectivity index (χ0) is 14.0. The number of hydrogen-bond acceptors (Lipinski definition) is 5. The second kappa shape index (κ2) is 6.06.